The summed E-state index contributed by atoms with van der Waals surface area (Å²) in [7, 11) is 0. The number of ether oxygens (including phenoxy) is 1. The van der Waals surface area contributed by atoms with Crippen molar-refractivity contribution in [3.8, 4) is 5.75 Å². The van der Waals surface area contributed by atoms with Crippen LogP contribution >= 0.6 is 28.7 Å². The van der Waals surface area contributed by atoms with Gasteiger partial charge in [0.15, 0.2) is 11.0 Å². The van der Waals surface area contributed by atoms with Gasteiger partial charge in [0.05, 0.1) is 13.2 Å². The van der Waals surface area contributed by atoms with E-state index in [1.54, 1.807) is 11.8 Å². The summed E-state index contributed by atoms with van der Waals surface area (Å²) in [5.74, 6) is 1.90. The number of aliphatic imine (C=N–C) groups is 1. The Labute approximate surface area is 175 Å². The van der Waals surface area contributed by atoms with E-state index in [-0.39, 0.29) is 29.3 Å². The van der Waals surface area contributed by atoms with E-state index in [9.17, 15) is 4.79 Å². The van der Waals surface area contributed by atoms with Gasteiger partial charge in [-0.3, -0.25) is 9.79 Å². The summed E-state index contributed by atoms with van der Waals surface area (Å²) in [6, 6.07) is 15.5. The van der Waals surface area contributed by atoms with Gasteiger partial charge in [0.1, 0.15) is 5.75 Å². The van der Waals surface area contributed by atoms with Crippen molar-refractivity contribution in [3.05, 3.63) is 59.7 Å². The van der Waals surface area contributed by atoms with Crippen molar-refractivity contribution in [1.29, 1.82) is 0 Å². The quantitative estimate of drug-likeness (QED) is 0.572. The van der Waals surface area contributed by atoms with E-state index in [1.165, 1.54) is 0 Å². The molecule has 0 unspecified atom stereocenters. The number of rotatable bonds is 6. The van der Waals surface area contributed by atoms with Crippen LogP contribution in [0.4, 0.5) is 5.69 Å². The molecular formula is C21H25BrN2O2S. The zero-order valence-electron chi connectivity index (χ0n) is 15.7. The minimum atomic E-state index is 0. The van der Waals surface area contributed by atoms with Gasteiger partial charge >= 0.3 is 0 Å². The third-order valence-corrected chi connectivity index (χ3v) is 5.31. The number of Topliss-reactive ketones (excluding diaryl/α,β-unsaturated/α-hetero) is 1. The lowest BCUT2D eigenvalue weighted by atomic mass is 10.1. The van der Waals surface area contributed by atoms with Gasteiger partial charge in [0, 0.05) is 23.5 Å². The fourth-order valence-corrected chi connectivity index (χ4v) is 3.83. The SMILES string of the molecule is Br.CCOc1ccc(C(=O)CN(C2=NCCCS2)c2ccccc2C)cc1. The van der Waals surface area contributed by atoms with Crippen molar-refractivity contribution in [2.45, 2.75) is 20.3 Å². The van der Waals surface area contributed by atoms with E-state index in [1.807, 2.05) is 43.3 Å². The number of hydrogen-bond acceptors (Lipinski definition) is 5. The van der Waals surface area contributed by atoms with Gasteiger partial charge in [-0.1, -0.05) is 30.0 Å². The summed E-state index contributed by atoms with van der Waals surface area (Å²) in [6.45, 7) is 5.73. The molecule has 27 heavy (non-hydrogen) atoms. The van der Waals surface area contributed by atoms with Crippen LogP contribution in [0.1, 0.15) is 29.3 Å². The first-order valence-electron chi connectivity index (χ1n) is 8.95. The van der Waals surface area contributed by atoms with Crippen LogP contribution in [0.2, 0.25) is 0 Å². The number of carbonyl (C=O) groups excluding carboxylic acids is 1. The summed E-state index contributed by atoms with van der Waals surface area (Å²) in [6.07, 6.45) is 1.09. The normalized spacial score (nSPS) is 13.3. The number of para-hydroxylation sites is 1. The number of aryl methyl sites for hydroxylation is 1. The zero-order valence-corrected chi connectivity index (χ0v) is 18.2. The molecule has 4 nitrogen and oxygen atoms in total. The molecule has 1 aliphatic rings. The molecule has 2 aromatic carbocycles. The summed E-state index contributed by atoms with van der Waals surface area (Å²) in [5, 5.41) is 0.935. The Kier molecular flexibility index (Phi) is 8.38. The van der Waals surface area contributed by atoms with Crippen molar-refractivity contribution in [1.82, 2.24) is 0 Å². The molecule has 2 aromatic rings. The first-order valence-corrected chi connectivity index (χ1v) is 9.94. The standard InChI is InChI=1S/C21H24N2O2S.BrH/c1-3-25-18-11-9-17(10-12-18)20(24)15-23(21-22-13-6-14-26-21)19-8-5-4-7-16(19)2;/h4-5,7-12H,3,6,13-15H2,1-2H3;1H. The lowest BCUT2D eigenvalue weighted by Gasteiger charge is -2.28. The predicted octanol–water partition coefficient (Wildman–Crippen LogP) is 5.15. The van der Waals surface area contributed by atoms with Gasteiger partial charge in [0.2, 0.25) is 0 Å². The second-order valence-electron chi connectivity index (χ2n) is 6.12. The zero-order chi connectivity index (χ0) is 18.4. The van der Waals surface area contributed by atoms with Crippen LogP contribution in [0.15, 0.2) is 53.5 Å². The highest BCUT2D eigenvalue weighted by Gasteiger charge is 2.21. The van der Waals surface area contributed by atoms with Crippen LogP contribution < -0.4 is 9.64 Å². The molecule has 0 spiro atoms. The number of halogens is 1. The summed E-state index contributed by atoms with van der Waals surface area (Å²) in [5.41, 5.74) is 2.87. The van der Waals surface area contributed by atoms with Crippen molar-refractivity contribution in [2.75, 3.05) is 30.3 Å². The molecule has 144 valence electrons. The maximum Gasteiger partial charge on any atom is 0.182 e. The molecule has 0 fully saturated rings. The molecule has 0 aliphatic carbocycles. The van der Waals surface area contributed by atoms with E-state index >= 15 is 0 Å². The van der Waals surface area contributed by atoms with E-state index in [0.29, 0.717) is 12.2 Å². The number of carbonyl (C=O) groups is 1. The van der Waals surface area contributed by atoms with Crippen molar-refractivity contribution in [3.63, 3.8) is 0 Å². The maximum atomic E-state index is 12.9. The Balaban J connectivity index is 0.00000261. The number of hydrogen-bond donors (Lipinski definition) is 0. The molecule has 1 aliphatic heterocycles. The summed E-state index contributed by atoms with van der Waals surface area (Å²) < 4.78 is 5.46. The molecule has 1 heterocycles. The van der Waals surface area contributed by atoms with Gasteiger partial charge in [-0.2, -0.15) is 0 Å². The van der Waals surface area contributed by atoms with Crippen LogP contribution in [0.5, 0.6) is 5.75 Å². The molecule has 0 amide bonds. The van der Waals surface area contributed by atoms with Crippen LogP contribution in [-0.2, 0) is 0 Å². The van der Waals surface area contributed by atoms with Crippen molar-refractivity contribution < 1.29 is 9.53 Å². The van der Waals surface area contributed by atoms with E-state index in [2.05, 4.69) is 28.9 Å². The van der Waals surface area contributed by atoms with Gasteiger partial charge in [-0.15, -0.1) is 17.0 Å². The summed E-state index contributed by atoms with van der Waals surface area (Å²) >= 11 is 1.72. The summed E-state index contributed by atoms with van der Waals surface area (Å²) in [4.78, 5) is 19.6. The number of benzene rings is 2. The number of thioether (sulfide) groups is 1. The molecule has 0 aromatic heterocycles. The Morgan fingerprint density at radius 2 is 1.93 bits per heavy atom. The Morgan fingerprint density at radius 1 is 1.19 bits per heavy atom. The highest BCUT2D eigenvalue weighted by Crippen LogP contribution is 2.26. The number of nitrogens with zero attached hydrogens (tertiary/aromatic N) is 2. The Bertz CT molecular complexity index is 793. The molecule has 0 saturated heterocycles. The van der Waals surface area contributed by atoms with E-state index < -0.39 is 0 Å². The molecule has 3 rings (SSSR count). The molecule has 0 radical (unpaired) electrons. The predicted molar refractivity (Wildman–Crippen MR) is 120 cm³/mol. The fraction of sp³-hybridized carbons (Fsp3) is 0.333. The maximum absolute atomic E-state index is 12.9. The highest BCUT2D eigenvalue weighted by molar-refractivity contribution is 8.93. The molecule has 0 atom stereocenters. The third kappa shape index (κ3) is 5.59. The van der Waals surface area contributed by atoms with Crippen LogP contribution in [0, 0.1) is 6.92 Å². The number of anilines is 1. The average molecular weight is 449 g/mol. The topological polar surface area (TPSA) is 41.9 Å². The average Bonchev–Trinajstić information content (AvgIpc) is 2.68. The molecular weight excluding hydrogens is 424 g/mol. The van der Waals surface area contributed by atoms with Gasteiger partial charge in [-0.25, -0.2) is 0 Å². The second-order valence-corrected chi connectivity index (χ2v) is 7.18. The minimum Gasteiger partial charge on any atom is -0.494 e. The lowest BCUT2D eigenvalue weighted by Crippen LogP contribution is -2.36. The first-order chi connectivity index (χ1) is 12.7. The Morgan fingerprint density at radius 3 is 2.56 bits per heavy atom. The van der Waals surface area contributed by atoms with Crippen LogP contribution in [0.25, 0.3) is 0 Å². The van der Waals surface area contributed by atoms with E-state index in [4.69, 9.17) is 4.74 Å². The largest absolute Gasteiger partial charge is 0.494 e. The third-order valence-electron chi connectivity index (χ3n) is 4.21. The van der Waals surface area contributed by atoms with Gasteiger partial charge in [-0.05, 0) is 56.2 Å². The molecule has 0 saturated carbocycles. The number of amidine groups is 1. The van der Waals surface area contributed by atoms with Crippen LogP contribution in [-0.4, -0.2) is 36.4 Å². The molecule has 6 heteroatoms. The lowest BCUT2D eigenvalue weighted by molar-refractivity contribution is 0.100. The van der Waals surface area contributed by atoms with Gasteiger partial charge in [0.25, 0.3) is 0 Å². The smallest absolute Gasteiger partial charge is 0.182 e. The molecule has 0 bridgehead atoms. The van der Waals surface area contributed by atoms with E-state index in [0.717, 1.165) is 40.9 Å². The molecule has 0 N–H and O–H groups in total. The Hall–Kier alpha value is -1.79. The second kappa shape index (κ2) is 10.5. The van der Waals surface area contributed by atoms with Crippen molar-refractivity contribution in [2.24, 2.45) is 4.99 Å². The highest BCUT2D eigenvalue weighted by atomic mass is 79.9. The number of ketones is 1. The van der Waals surface area contributed by atoms with Crippen molar-refractivity contribution >= 4 is 45.4 Å². The first kappa shape index (κ1) is 21.5. The van der Waals surface area contributed by atoms with Crippen LogP contribution in [0.3, 0.4) is 0 Å². The van der Waals surface area contributed by atoms with Gasteiger partial charge < -0.3 is 9.64 Å². The monoisotopic (exact) mass is 448 g/mol. The minimum absolute atomic E-state index is 0. The fourth-order valence-electron chi connectivity index (χ4n) is 2.87.